The molecule has 0 radical (unpaired) electrons. The van der Waals surface area contributed by atoms with Crippen molar-refractivity contribution >= 4 is 16.8 Å². The molecule has 2 rings (SSSR count). The highest BCUT2D eigenvalue weighted by atomic mass is 16.3. The van der Waals surface area contributed by atoms with Crippen molar-refractivity contribution in [2.24, 2.45) is 5.92 Å². The molecular formula is C17H24N2O2. The average molecular weight is 288 g/mol. The van der Waals surface area contributed by atoms with Gasteiger partial charge >= 0.3 is 0 Å². The van der Waals surface area contributed by atoms with Crippen LogP contribution < -0.4 is 5.32 Å². The van der Waals surface area contributed by atoms with Crippen LogP contribution in [0.5, 0.6) is 0 Å². The van der Waals surface area contributed by atoms with Crippen LogP contribution in [0.3, 0.4) is 0 Å². The summed E-state index contributed by atoms with van der Waals surface area (Å²) in [5.41, 5.74) is 2.33. The summed E-state index contributed by atoms with van der Waals surface area (Å²) in [5.74, 6) is 0.0197. The molecule has 4 nitrogen and oxygen atoms in total. The van der Waals surface area contributed by atoms with Crippen molar-refractivity contribution in [3.8, 4) is 0 Å². The molecule has 114 valence electrons. The molecule has 0 saturated carbocycles. The summed E-state index contributed by atoms with van der Waals surface area (Å²) >= 11 is 0. The Bertz CT molecular complexity index is 641. The SMILES string of the molecule is Cc1ccc2c(CC(=O)NCC(C)(O)C(C)C)c[nH]c2c1. The van der Waals surface area contributed by atoms with Gasteiger partial charge in [0.05, 0.1) is 12.0 Å². The van der Waals surface area contributed by atoms with E-state index in [0.717, 1.165) is 16.5 Å². The number of carbonyl (C=O) groups is 1. The Kier molecular flexibility index (Phi) is 4.37. The van der Waals surface area contributed by atoms with Crippen LogP contribution in [0.4, 0.5) is 0 Å². The predicted octanol–water partition coefficient (Wildman–Crippen LogP) is 2.54. The number of aromatic nitrogens is 1. The third-order valence-electron chi connectivity index (χ3n) is 4.16. The lowest BCUT2D eigenvalue weighted by molar-refractivity contribution is -0.122. The standard InChI is InChI=1S/C17H24N2O2/c1-11(2)17(4,21)10-19-16(20)8-13-9-18-15-7-12(3)5-6-14(13)15/h5-7,9,11,18,21H,8,10H2,1-4H3,(H,19,20). The number of nitrogens with one attached hydrogen (secondary N) is 2. The van der Waals surface area contributed by atoms with Gasteiger partial charge in [-0.05, 0) is 37.0 Å². The lowest BCUT2D eigenvalue weighted by atomic mass is 9.92. The van der Waals surface area contributed by atoms with E-state index in [-0.39, 0.29) is 18.4 Å². The third kappa shape index (κ3) is 3.64. The number of benzene rings is 1. The highest BCUT2D eigenvalue weighted by molar-refractivity contribution is 5.89. The highest BCUT2D eigenvalue weighted by Gasteiger charge is 2.25. The largest absolute Gasteiger partial charge is 0.388 e. The number of rotatable bonds is 5. The quantitative estimate of drug-likeness (QED) is 0.791. The van der Waals surface area contributed by atoms with Crippen LogP contribution in [0.1, 0.15) is 31.9 Å². The molecule has 1 heterocycles. The summed E-state index contributed by atoms with van der Waals surface area (Å²) in [7, 11) is 0. The minimum atomic E-state index is -0.882. The second kappa shape index (κ2) is 5.90. The minimum absolute atomic E-state index is 0.0719. The first-order chi connectivity index (χ1) is 9.79. The molecule has 1 aromatic heterocycles. The zero-order valence-corrected chi connectivity index (χ0v) is 13.2. The zero-order valence-electron chi connectivity index (χ0n) is 13.2. The van der Waals surface area contributed by atoms with Gasteiger partial charge in [0.15, 0.2) is 0 Å². The van der Waals surface area contributed by atoms with Crippen molar-refractivity contribution in [2.75, 3.05) is 6.54 Å². The van der Waals surface area contributed by atoms with Gasteiger partial charge in [0.1, 0.15) is 0 Å². The van der Waals surface area contributed by atoms with Gasteiger partial charge in [0, 0.05) is 23.6 Å². The fourth-order valence-corrected chi connectivity index (χ4v) is 2.16. The molecular weight excluding hydrogens is 264 g/mol. The lowest BCUT2D eigenvalue weighted by Gasteiger charge is -2.27. The number of amides is 1. The summed E-state index contributed by atoms with van der Waals surface area (Å²) in [6.07, 6.45) is 2.20. The summed E-state index contributed by atoms with van der Waals surface area (Å²) in [6.45, 7) is 7.93. The Morgan fingerprint density at radius 2 is 2.14 bits per heavy atom. The molecule has 0 aliphatic carbocycles. The van der Waals surface area contributed by atoms with E-state index in [1.165, 1.54) is 5.56 Å². The number of aryl methyl sites for hydroxylation is 1. The van der Waals surface area contributed by atoms with E-state index in [0.29, 0.717) is 6.42 Å². The van der Waals surface area contributed by atoms with Crippen LogP contribution in [0.15, 0.2) is 24.4 Å². The average Bonchev–Trinajstić information content (AvgIpc) is 2.78. The van der Waals surface area contributed by atoms with E-state index in [9.17, 15) is 9.90 Å². The monoisotopic (exact) mass is 288 g/mol. The normalized spacial score (nSPS) is 14.4. The second-order valence-corrected chi connectivity index (χ2v) is 6.33. The molecule has 0 aliphatic heterocycles. The van der Waals surface area contributed by atoms with Crippen molar-refractivity contribution in [3.63, 3.8) is 0 Å². The van der Waals surface area contributed by atoms with E-state index < -0.39 is 5.60 Å². The summed E-state index contributed by atoms with van der Waals surface area (Å²) in [5, 5.41) is 14.0. The van der Waals surface area contributed by atoms with Crippen LogP contribution in [0.25, 0.3) is 10.9 Å². The van der Waals surface area contributed by atoms with Crippen LogP contribution >= 0.6 is 0 Å². The van der Waals surface area contributed by atoms with E-state index in [2.05, 4.69) is 16.4 Å². The fourth-order valence-electron chi connectivity index (χ4n) is 2.16. The van der Waals surface area contributed by atoms with Gasteiger partial charge in [-0.2, -0.15) is 0 Å². The van der Waals surface area contributed by atoms with Crippen molar-refractivity contribution < 1.29 is 9.90 Å². The Morgan fingerprint density at radius 3 is 2.81 bits per heavy atom. The molecule has 1 aromatic carbocycles. The number of hydrogen-bond acceptors (Lipinski definition) is 2. The van der Waals surface area contributed by atoms with Crippen LogP contribution in [-0.2, 0) is 11.2 Å². The van der Waals surface area contributed by atoms with Gasteiger partial charge in [0.25, 0.3) is 0 Å². The molecule has 0 spiro atoms. The van der Waals surface area contributed by atoms with E-state index in [1.54, 1.807) is 6.92 Å². The van der Waals surface area contributed by atoms with Gasteiger partial charge in [-0.25, -0.2) is 0 Å². The number of fused-ring (bicyclic) bond motifs is 1. The third-order valence-corrected chi connectivity index (χ3v) is 4.16. The first kappa shape index (κ1) is 15.6. The second-order valence-electron chi connectivity index (χ2n) is 6.33. The van der Waals surface area contributed by atoms with Crippen molar-refractivity contribution in [3.05, 3.63) is 35.5 Å². The maximum absolute atomic E-state index is 12.1. The van der Waals surface area contributed by atoms with Crippen LogP contribution in [-0.4, -0.2) is 28.1 Å². The topological polar surface area (TPSA) is 65.1 Å². The van der Waals surface area contributed by atoms with E-state index in [4.69, 9.17) is 0 Å². The molecule has 1 unspecified atom stereocenters. The summed E-state index contributed by atoms with van der Waals surface area (Å²) < 4.78 is 0. The first-order valence-corrected chi connectivity index (χ1v) is 7.35. The lowest BCUT2D eigenvalue weighted by Crippen LogP contribution is -2.44. The predicted molar refractivity (Wildman–Crippen MR) is 85.2 cm³/mol. The van der Waals surface area contributed by atoms with E-state index in [1.807, 2.05) is 39.1 Å². The Hall–Kier alpha value is -1.81. The van der Waals surface area contributed by atoms with Gasteiger partial charge in [-0.15, -0.1) is 0 Å². The Morgan fingerprint density at radius 1 is 1.43 bits per heavy atom. The van der Waals surface area contributed by atoms with Gasteiger partial charge < -0.3 is 15.4 Å². The van der Waals surface area contributed by atoms with Crippen molar-refractivity contribution in [1.29, 1.82) is 0 Å². The Labute approximate surface area is 125 Å². The van der Waals surface area contributed by atoms with Gasteiger partial charge in [-0.1, -0.05) is 26.0 Å². The van der Waals surface area contributed by atoms with E-state index >= 15 is 0 Å². The summed E-state index contributed by atoms with van der Waals surface area (Å²) in [6, 6.07) is 6.15. The molecule has 2 aromatic rings. The minimum Gasteiger partial charge on any atom is -0.388 e. The highest BCUT2D eigenvalue weighted by Crippen LogP contribution is 2.20. The van der Waals surface area contributed by atoms with Crippen LogP contribution in [0.2, 0.25) is 0 Å². The maximum Gasteiger partial charge on any atom is 0.224 e. The number of aromatic amines is 1. The van der Waals surface area contributed by atoms with Gasteiger partial charge in [-0.3, -0.25) is 4.79 Å². The van der Waals surface area contributed by atoms with Crippen molar-refractivity contribution in [1.82, 2.24) is 10.3 Å². The molecule has 0 saturated heterocycles. The molecule has 21 heavy (non-hydrogen) atoms. The van der Waals surface area contributed by atoms with Gasteiger partial charge in [0.2, 0.25) is 5.91 Å². The molecule has 0 aliphatic rings. The molecule has 3 N–H and O–H groups in total. The number of carbonyl (C=O) groups excluding carboxylic acids is 1. The van der Waals surface area contributed by atoms with Crippen LogP contribution in [0, 0.1) is 12.8 Å². The molecule has 1 atom stereocenters. The molecule has 0 fully saturated rings. The fraction of sp³-hybridized carbons (Fsp3) is 0.471. The maximum atomic E-state index is 12.1. The number of hydrogen-bond donors (Lipinski definition) is 3. The van der Waals surface area contributed by atoms with Crippen molar-refractivity contribution in [2.45, 2.75) is 39.7 Å². The number of aliphatic hydroxyl groups is 1. The first-order valence-electron chi connectivity index (χ1n) is 7.35. The zero-order chi connectivity index (χ0) is 15.6. The molecule has 1 amide bonds. The number of H-pyrrole nitrogens is 1. The molecule has 0 bridgehead atoms. The summed E-state index contributed by atoms with van der Waals surface area (Å²) in [4.78, 5) is 15.2. The smallest absolute Gasteiger partial charge is 0.224 e. The molecule has 4 heteroatoms. The Balaban J connectivity index is 2.02.